The van der Waals surface area contributed by atoms with Gasteiger partial charge >= 0.3 is 5.97 Å². The Kier molecular flexibility index (Phi) is 7.11. The summed E-state index contributed by atoms with van der Waals surface area (Å²) in [5, 5.41) is 20.1. The molecule has 0 aliphatic rings. The molecule has 94 valence electrons. The molecule has 0 rings (SSSR count). The third-order valence-corrected chi connectivity index (χ3v) is 2.66. The quantitative estimate of drug-likeness (QED) is 0.462. The number of carbonyl (C=O) groups excluding carboxylic acids is 1. The molecule has 0 aliphatic heterocycles. The Morgan fingerprint density at radius 2 is 2.06 bits per heavy atom. The van der Waals surface area contributed by atoms with E-state index in [-0.39, 0.29) is 0 Å². The number of carboxylic acids is 1. The predicted octanol–water partition coefficient (Wildman–Crippen LogP) is -0.983. The topological polar surface area (TPSA) is 113 Å². The summed E-state index contributed by atoms with van der Waals surface area (Å²) >= 11 is 1.55. The van der Waals surface area contributed by atoms with Crippen molar-refractivity contribution in [2.75, 3.05) is 12.0 Å². The van der Waals surface area contributed by atoms with E-state index >= 15 is 0 Å². The zero-order valence-electron chi connectivity index (χ0n) is 9.34. The Balaban J connectivity index is 4.24. The molecule has 7 heteroatoms. The zero-order chi connectivity index (χ0) is 12.7. The van der Waals surface area contributed by atoms with Gasteiger partial charge in [0.25, 0.3) is 0 Å². The van der Waals surface area contributed by atoms with Crippen molar-refractivity contribution in [2.45, 2.75) is 31.5 Å². The van der Waals surface area contributed by atoms with E-state index in [1.165, 1.54) is 6.92 Å². The Labute approximate surface area is 98.6 Å². The van der Waals surface area contributed by atoms with Gasteiger partial charge in [-0.05, 0) is 25.4 Å². The van der Waals surface area contributed by atoms with E-state index in [4.69, 9.17) is 15.9 Å². The van der Waals surface area contributed by atoms with Crippen LogP contribution in [0.2, 0.25) is 0 Å². The van der Waals surface area contributed by atoms with Crippen LogP contribution < -0.4 is 11.1 Å². The number of carboxylic acid groups (broad SMARTS) is 1. The van der Waals surface area contributed by atoms with Crippen LogP contribution in [-0.2, 0) is 9.59 Å². The van der Waals surface area contributed by atoms with Crippen LogP contribution in [0.4, 0.5) is 0 Å². The minimum atomic E-state index is -1.31. The largest absolute Gasteiger partial charge is 0.480 e. The molecule has 0 saturated carbocycles. The number of aliphatic hydroxyl groups is 1. The molecule has 0 saturated heterocycles. The second-order valence-corrected chi connectivity index (χ2v) is 4.44. The number of thioether (sulfide) groups is 1. The number of hydrogen-bond donors (Lipinski definition) is 4. The summed E-state index contributed by atoms with van der Waals surface area (Å²) in [6, 6.07) is -2.05. The first-order valence-corrected chi connectivity index (χ1v) is 6.25. The number of rotatable bonds is 7. The van der Waals surface area contributed by atoms with Gasteiger partial charge in [0.2, 0.25) is 5.91 Å². The van der Waals surface area contributed by atoms with Gasteiger partial charge in [-0.15, -0.1) is 0 Å². The molecule has 0 aromatic heterocycles. The van der Waals surface area contributed by atoms with Gasteiger partial charge in [0.05, 0.1) is 12.1 Å². The van der Waals surface area contributed by atoms with Crippen molar-refractivity contribution in [3.63, 3.8) is 0 Å². The van der Waals surface area contributed by atoms with Crippen molar-refractivity contribution >= 4 is 23.6 Å². The summed E-state index contributed by atoms with van der Waals surface area (Å²) in [5.74, 6) is -1.11. The van der Waals surface area contributed by atoms with Gasteiger partial charge in [0.1, 0.15) is 0 Å². The first-order chi connectivity index (χ1) is 7.40. The Morgan fingerprint density at radius 1 is 1.50 bits per heavy atom. The Bertz CT molecular complexity index is 248. The average Bonchev–Trinajstić information content (AvgIpc) is 2.20. The van der Waals surface area contributed by atoms with Crippen molar-refractivity contribution in [2.24, 2.45) is 5.73 Å². The fourth-order valence-electron chi connectivity index (χ4n) is 1.02. The minimum absolute atomic E-state index is 0.471. The highest BCUT2D eigenvalue weighted by Crippen LogP contribution is 2.00. The molecule has 0 radical (unpaired) electrons. The Hall–Kier alpha value is -0.790. The predicted molar refractivity (Wildman–Crippen MR) is 62.2 cm³/mol. The van der Waals surface area contributed by atoms with Gasteiger partial charge in [-0.1, -0.05) is 0 Å². The highest BCUT2D eigenvalue weighted by molar-refractivity contribution is 7.98. The number of hydrogen-bond acceptors (Lipinski definition) is 5. The van der Waals surface area contributed by atoms with Crippen LogP contribution in [-0.4, -0.2) is 52.3 Å². The van der Waals surface area contributed by atoms with Crippen LogP contribution in [0.3, 0.4) is 0 Å². The van der Waals surface area contributed by atoms with E-state index in [0.717, 1.165) is 5.75 Å². The third-order valence-electron chi connectivity index (χ3n) is 2.02. The maximum Gasteiger partial charge on any atom is 0.328 e. The average molecular weight is 250 g/mol. The van der Waals surface area contributed by atoms with Crippen LogP contribution in [0, 0.1) is 0 Å². The maximum atomic E-state index is 11.4. The minimum Gasteiger partial charge on any atom is -0.480 e. The molecule has 6 nitrogen and oxygen atoms in total. The van der Waals surface area contributed by atoms with Gasteiger partial charge in [-0.25, -0.2) is 4.79 Å². The lowest BCUT2D eigenvalue weighted by atomic mass is 10.1. The van der Waals surface area contributed by atoms with Crippen LogP contribution in [0.15, 0.2) is 0 Å². The molecule has 0 spiro atoms. The molecule has 16 heavy (non-hydrogen) atoms. The lowest BCUT2D eigenvalue weighted by Crippen LogP contribution is -2.52. The Morgan fingerprint density at radius 3 is 2.44 bits per heavy atom. The SMILES string of the molecule is CSCC[C@@H](N)C(=O)N[C@H](C(=O)O)C(C)O. The highest BCUT2D eigenvalue weighted by Gasteiger charge is 2.26. The molecular weight excluding hydrogens is 232 g/mol. The van der Waals surface area contributed by atoms with E-state index in [0.29, 0.717) is 6.42 Å². The van der Waals surface area contributed by atoms with Crippen molar-refractivity contribution < 1.29 is 19.8 Å². The molecule has 5 N–H and O–H groups in total. The summed E-state index contributed by atoms with van der Waals surface area (Å²) in [6.45, 7) is 1.30. The van der Waals surface area contributed by atoms with E-state index < -0.39 is 30.1 Å². The van der Waals surface area contributed by atoms with E-state index in [1.54, 1.807) is 11.8 Å². The lowest BCUT2D eigenvalue weighted by molar-refractivity contribution is -0.145. The van der Waals surface area contributed by atoms with E-state index in [1.807, 2.05) is 6.26 Å². The van der Waals surface area contributed by atoms with Gasteiger partial charge in [0, 0.05) is 0 Å². The number of amides is 1. The van der Waals surface area contributed by atoms with E-state index in [2.05, 4.69) is 5.32 Å². The number of aliphatic hydroxyl groups excluding tert-OH is 1. The number of carbonyl (C=O) groups is 2. The second kappa shape index (κ2) is 7.48. The normalized spacial score (nSPS) is 16.2. The number of nitrogens with two attached hydrogens (primary N) is 1. The smallest absolute Gasteiger partial charge is 0.328 e. The maximum absolute atomic E-state index is 11.4. The fraction of sp³-hybridized carbons (Fsp3) is 0.778. The van der Waals surface area contributed by atoms with Crippen LogP contribution >= 0.6 is 11.8 Å². The van der Waals surface area contributed by atoms with Crippen molar-refractivity contribution in [1.82, 2.24) is 5.32 Å². The van der Waals surface area contributed by atoms with Gasteiger partial charge < -0.3 is 21.3 Å². The van der Waals surface area contributed by atoms with Crippen molar-refractivity contribution in [3.8, 4) is 0 Å². The first kappa shape index (κ1) is 15.2. The fourth-order valence-corrected chi connectivity index (χ4v) is 1.51. The summed E-state index contributed by atoms with van der Waals surface area (Å²) in [6.07, 6.45) is 1.20. The molecule has 1 amide bonds. The molecule has 0 fully saturated rings. The first-order valence-electron chi connectivity index (χ1n) is 4.86. The molecular formula is C9H18N2O4S. The summed E-state index contributed by atoms with van der Waals surface area (Å²) < 4.78 is 0. The monoisotopic (exact) mass is 250 g/mol. The van der Waals surface area contributed by atoms with Crippen molar-refractivity contribution in [3.05, 3.63) is 0 Å². The zero-order valence-corrected chi connectivity index (χ0v) is 10.2. The third kappa shape index (κ3) is 5.34. The molecule has 0 bridgehead atoms. The van der Waals surface area contributed by atoms with E-state index in [9.17, 15) is 9.59 Å². The van der Waals surface area contributed by atoms with Gasteiger partial charge in [0.15, 0.2) is 6.04 Å². The number of nitrogens with one attached hydrogen (secondary N) is 1. The molecule has 0 heterocycles. The van der Waals surface area contributed by atoms with Gasteiger partial charge in [-0.3, -0.25) is 4.79 Å². The number of aliphatic carboxylic acids is 1. The summed E-state index contributed by atoms with van der Waals surface area (Å²) in [5.41, 5.74) is 5.55. The molecule has 1 unspecified atom stereocenters. The highest BCUT2D eigenvalue weighted by atomic mass is 32.2. The molecule has 0 aromatic rings. The van der Waals surface area contributed by atoms with Crippen molar-refractivity contribution in [1.29, 1.82) is 0 Å². The van der Waals surface area contributed by atoms with Gasteiger partial charge in [-0.2, -0.15) is 11.8 Å². The second-order valence-electron chi connectivity index (χ2n) is 3.45. The standard InChI is InChI=1S/C9H18N2O4S/c1-5(12)7(9(14)15)11-8(13)6(10)3-4-16-2/h5-7,12H,3-4,10H2,1-2H3,(H,11,13)(H,14,15)/t5?,6-,7+/m1/s1. The lowest BCUT2D eigenvalue weighted by Gasteiger charge is -2.19. The summed E-state index contributed by atoms with van der Waals surface area (Å²) in [4.78, 5) is 22.1. The molecule has 0 aromatic carbocycles. The molecule has 0 aliphatic carbocycles. The van der Waals surface area contributed by atoms with Crippen LogP contribution in [0.1, 0.15) is 13.3 Å². The summed E-state index contributed by atoms with van der Waals surface area (Å²) in [7, 11) is 0. The van der Waals surface area contributed by atoms with Crippen LogP contribution in [0.5, 0.6) is 0 Å². The molecule has 3 atom stereocenters. The van der Waals surface area contributed by atoms with Crippen LogP contribution in [0.25, 0.3) is 0 Å².